The molecule has 2 aliphatic heterocycles. The first-order chi connectivity index (χ1) is 9.97. The molecule has 21 heavy (non-hydrogen) atoms. The van der Waals surface area contributed by atoms with Crippen LogP contribution in [-0.2, 0) is 22.3 Å². The van der Waals surface area contributed by atoms with Gasteiger partial charge in [0.1, 0.15) is 0 Å². The lowest BCUT2D eigenvalue weighted by atomic mass is 9.88. The molecule has 0 amide bonds. The molecule has 0 bridgehead atoms. The Kier molecular flexibility index (Phi) is 3.43. The summed E-state index contributed by atoms with van der Waals surface area (Å²) < 4.78 is 10.3. The summed E-state index contributed by atoms with van der Waals surface area (Å²) in [6.07, 6.45) is 0.863. The van der Waals surface area contributed by atoms with Crippen molar-refractivity contribution < 1.29 is 29.3 Å². The van der Waals surface area contributed by atoms with Gasteiger partial charge < -0.3 is 19.7 Å². The first kappa shape index (κ1) is 14.0. The maximum atomic E-state index is 11.7. The summed E-state index contributed by atoms with van der Waals surface area (Å²) >= 11 is 0. The zero-order valence-corrected chi connectivity index (χ0v) is 11.6. The number of aromatic carboxylic acids is 2. The zero-order valence-electron chi connectivity index (χ0n) is 11.6. The minimum absolute atomic E-state index is 0.00234. The monoisotopic (exact) mass is 292 g/mol. The lowest BCUT2D eigenvalue weighted by Crippen LogP contribution is -2.16. The highest BCUT2D eigenvalue weighted by atomic mass is 16.6. The number of carboxylic acids is 2. The van der Waals surface area contributed by atoms with E-state index in [0.29, 0.717) is 42.7 Å². The van der Waals surface area contributed by atoms with Crippen LogP contribution in [0.4, 0.5) is 0 Å². The van der Waals surface area contributed by atoms with E-state index in [-0.39, 0.29) is 23.3 Å². The predicted octanol–water partition coefficient (Wildman–Crippen LogP) is 1.27. The lowest BCUT2D eigenvalue weighted by molar-refractivity contribution is 0.0678. The van der Waals surface area contributed by atoms with Crippen LogP contribution in [0.5, 0.6) is 0 Å². The Hall–Kier alpha value is -1.92. The number of hydrogen-bond acceptors (Lipinski definition) is 4. The highest BCUT2D eigenvalue weighted by molar-refractivity contribution is 5.96. The van der Waals surface area contributed by atoms with Crippen molar-refractivity contribution in [3.05, 3.63) is 33.9 Å². The Bertz CT molecular complexity index is 613. The van der Waals surface area contributed by atoms with Crippen molar-refractivity contribution in [3.63, 3.8) is 0 Å². The van der Waals surface area contributed by atoms with E-state index in [9.17, 15) is 19.8 Å². The molecule has 0 saturated carbocycles. The van der Waals surface area contributed by atoms with Crippen LogP contribution in [0.1, 0.15) is 37.4 Å². The maximum Gasteiger partial charge on any atom is 0.336 e. The van der Waals surface area contributed by atoms with E-state index in [1.807, 2.05) is 0 Å². The fourth-order valence-electron chi connectivity index (χ4n) is 2.65. The molecule has 2 unspecified atom stereocenters. The molecule has 2 heterocycles. The summed E-state index contributed by atoms with van der Waals surface area (Å²) in [5, 5.41) is 18.9. The van der Waals surface area contributed by atoms with E-state index in [2.05, 4.69) is 0 Å². The van der Waals surface area contributed by atoms with Gasteiger partial charge in [0.05, 0.1) is 36.5 Å². The molecule has 0 aromatic heterocycles. The van der Waals surface area contributed by atoms with Gasteiger partial charge in [-0.3, -0.25) is 0 Å². The van der Waals surface area contributed by atoms with Gasteiger partial charge in [-0.2, -0.15) is 0 Å². The molecule has 0 radical (unpaired) electrons. The van der Waals surface area contributed by atoms with E-state index in [0.717, 1.165) is 0 Å². The average molecular weight is 292 g/mol. The Balaban J connectivity index is 2.12. The second-order valence-electron chi connectivity index (χ2n) is 5.49. The van der Waals surface area contributed by atoms with E-state index >= 15 is 0 Å². The quantitative estimate of drug-likeness (QED) is 0.766. The molecule has 1 aromatic carbocycles. The molecule has 3 rings (SSSR count). The van der Waals surface area contributed by atoms with Crippen LogP contribution in [0.15, 0.2) is 6.07 Å². The van der Waals surface area contributed by atoms with Gasteiger partial charge in [-0.15, -0.1) is 0 Å². The van der Waals surface area contributed by atoms with Crippen molar-refractivity contribution in [3.8, 4) is 0 Å². The van der Waals surface area contributed by atoms with Crippen LogP contribution in [0.2, 0.25) is 0 Å². The molecule has 2 fully saturated rings. The van der Waals surface area contributed by atoms with Gasteiger partial charge in [-0.1, -0.05) is 0 Å². The summed E-state index contributed by atoms with van der Waals surface area (Å²) in [7, 11) is 0. The first-order valence-electron chi connectivity index (χ1n) is 6.82. The fourth-order valence-corrected chi connectivity index (χ4v) is 2.65. The smallest absolute Gasteiger partial charge is 0.336 e. The molecule has 2 saturated heterocycles. The van der Waals surface area contributed by atoms with Gasteiger partial charge in [0, 0.05) is 12.8 Å². The van der Waals surface area contributed by atoms with Crippen LogP contribution in [0, 0.1) is 6.92 Å². The van der Waals surface area contributed by atoms with Crippen molar-refractivity contribution in [2.45, 2.75) is 32.0 Å². The second-order valence-corrected chi connectivity index (χ2v) is 5.49. The molecule has 0 spiro atoms. The Morgan fingerprint density at radius 3 is 2.19 bits per heavy atom. The third-order valence-electron chi connectivity index (χ3n) is 3.93. The molecule has 6 heteroatoms. The highest BCUT2D eigenvalue weighted by Gasteiger charge is 2.32. The summed E-state index contributed by atoms with van der Waals surface area (Å²) in [6.45, 7) is 2.85. The van der Waals surface area contributed by atoms with Gasteiger partial charge in [-0.25, -0.2) is 9.59 Å². The molecule has 2 N–H and O–H groups in total. The zero-order chi connectivity index (χ0) is 15.1. The van der Waals surface area contributed by atoms with E-state index in [4.69, 9.17) is 9.47 Å². The molecule has 0 aliphatic carbocycles. The number of carboxylic acid groups (broad SMARTS) is 2. The van der Waals surface area contributed by atoms with Crippen molar-refractivity contribution in [2.24, 2.45) is 0 Å². The van der Waals surface area contributed by atoms with E-state index in [1.54, 1.807) is 6.92 Å². The van der Waals surface area contributed by atoms with Crippen molar-refractivity contribution in [1.82, 2.24) is 0 Å². The highest BCUT2D eigenvalue weighted by Crippen LogP contribution is 2.30. The third kappa shape index (κ3) is 2.91. The van der Waals surface area contributed by atoms with Gasteiger partial charge in [0.15, 0.2) is 0 Å². The van der Waals surface area contributed by atoms with Gasteiger partial charge in [-0.05, 0) is 29.7 Å². The largest absolute Gasteiger partial charge is 0.478 e. The molecule has 2 aliphatic rings. The number of ether oxygens (including phenoxy) is 2. The second kappa shape index (κ2) is 5.13. The summed E-state index contributed by atoms with van der Waals surface area (Å²) in [4.78, 5) is 23.1. The number of hydrogen-bond donors (Lipinski definition) is 2. The van der Waals surface area contributed by atoms with Gasteiger partial charge in [0.2, 0.25) is 0 Å². The lowest BCUT2D eigenvalue weighted by Gasteiger charge is -2.16. The van der Waals surface area contributed by atoms with Crippen molar-refractivity contribution >= 4 is 11.9 Å². The molecular weight excluding hydrogens is 276 g/mol. The SMILES string of the molecule is Cc1c(C(=O)O)cc(CC2CO2)c(C(=O)O)c1CC1CO1. The van der Waals surface area contributed by atoms with Crippen molar-refractivity contribution in [1.29, 1.82) is 0 Å². The predicted molar refractivity (Wildman–Crippen MR) is 72.0 cm³/mol. The molecule has 2 atom stereocenters. The molecule has 112 valence electrons. The van der Waals surface area contributed by atoms with E-state index < -0.39 is 11.9 Å². The number of benzene rings is 1. The first-order valence-corrected chi connectivity index (χ1v) is 6.82. The third-order valence-corrected chi connectivity index (χ3v) is 3.93. The van der Waals surface area contributed by atoms with Crippen LogP contribution >= 0.6 is 0 Å². The van der Waals surface area contributed by atoms with Gasteiger partial charge in [0.25, 0.3) is 0 Å². The summed E-state index contributed by atoms with van der Waals surface area (Å²) in [5.41, 5.74) is 1.98. The Morgan fingerprint density at radius 1 is 1.14 bits per heavy atom. The minimum Gasteiger partial charge on any atom is -0.478 e. The van der Waals surface area contributed by atoms with Crippen LogP contribution in [0.25, 0.3) is 0 Å². The molecule has 1 aromatic rings. The number of rotatable bonds is 6. The fraction of sp³-hybridized carbons (Fsp3) is 0.467. The number of epoxide rings is 2. The van der Waals surface area contributed by atoms with E-state index in [1.165, 1.54) is 6.07 Å². The van der Waals surface area contributed by atoms with Crippen LogP contribution in [-0.4, -0.2) is 47.6 Å². The van der Waals surface area contributed by atoms with Crippen molar-refractivity contribution in [2.75, 3.05) is 13.2 Å². The Labute approximate surface area is 121 Å². The summed E-state index contributed by atoms with van der Waals surface area (Å²) in [6, 6.07) is 1.47. The van der Waals surface area contributed by atoms with Crippen LogP contribution in [0.3, 0.4) is 0 Å². The Morgan fingerprint density at radius 2 is 1.71 bits per heavy atom. The normalized spacial score (nSPS) is 22.9. The average Bonchev–Trinajstić information content (AvgIpc) is 3.27. The number of carbonyl (C=O) groups is 2. The topological polar surface area (TPSA) is 99.7 Å². The standard InChI is InChI=1S/C15H16O6/c1-7-11(4-10-6-21-10)13(15(18)19)8(2-9-5-20-9)3-12(7)14(16)17/h3,9-10H,2,4-6H2,1H3,(H,16,17)(H,18,19). The molecule has 6 nitrogen and oxygen atoms in total. The minimum atomic E-state index is -1.04. The van der Waals surface area contributed by atoms with Gasteiger partial charge >= 0.3 is 11.9 Å². The van der Waals surface area contributed by atoms with Crippen LogP contribution < -0.4 is 0 Å². The summed E-state index contributed by atoms with van der Waals surface area (Å²) in [5.74, 6) is -2.07. The maximum absolute atomic E-state index is 11.7. The molecular formula is C15H16O6.